The van der Waals surface area contributed by atoms with Crippen LogP contribution in [0.5, 0.6) is 0 Å². The Bertz CT molecular complexity index is 443. The Morgan fingerprint density at radius 2 is 1.80 bits per heavy atom. The van der Waals surface area contributed by atoms with Gasteiger partial charge in [-0.05, 0) is 19.8 Å². The molecule has 1 unspecified atom stereocenters. The Morgan fingerprint density at radius 3 is 2.45 bits per heavy atom. The van der Waals surface area contributed by atoms with Crippen LogP contribution in [0.3, 0.4) is 0 Å². The third-order valence-electron chi connectivity index (χ3n) is 2.77. The quantitative estimate of drug-likeness (QED) is 0.701. The van der Waals surface area contributed by atoms with E-state index in [1.165, 1.54) is 0 Å². The van der Waals surface area contributed by atoms with Crippen LogP contribution in [-0.2, 0) is 19.1 Å². The van der Waals surface area contributed by atoms with Gasteiger partial charge in [0.25, 0.3) is 0 Å². The van der Waals surface area contributed by atoms with E-state index in [-0.39, 0.29) is 0 Å². The molecule has 0 bridgehead atoms. The molecule has 4 nitrogen and oxygen atoms in total. The van der Waals surface area contributed by atoms with E-state index in [0.29, 0.717) is 18.8 Å². The van der Waals surface area contributed by atoms with Gasteiger partial charge in [-0.15, -0.1) is 0 Å². The summed E-state index contributed by atoms with van der Waals surface area (Å²) >= 11 is 0. The molecule has 0 fully saturated rings. The van der Waals surface area contributed by atoms with Crippen molar-refractivity contribution in [1.82, 2.24) is 0 Å². The van der Waals surface area contributed by atoms with Crippen molar-refractivity contribution in [3.63, 3.8) is 0 Å². The van der Waals surface area contributed by atoms with E-state index >= 15 is 0 Å². The fourth-order valence-corrected chi connectivity index (χ4v) is 1.78. The Labute approximate surface area is 120 Å². The third-order valence-corrected chi connectivity index (χ3v) is 2.77. The Morgan fingerprint density at radius 1 is 1.15 bits per heavy atom. The van der Waals surface area contributed by atoms with Gasteiger partial charge in [-0.25, -0.2) is 4.79 Å². The molecular formula is C16H22O4. The van der Waals surface area contributed by atoms with Gasteiger partial charge in [-0.3, -0.25) is 4.79 Å². The van der Waals surface area contributed by atoms with Crippen molar-refractivity contribution in [2.24, 2.45) is 5.92 Å². The van der Waals surface area contributed by atoms with Gasteiger partial charge in [-0.2, -0.15) is 0 Å². The van der Waals surface area contributed by atoms with Gasteiger partial charge in [0.2, 0.25) is 0 Å². The molecule has 0 aromatic carbocycles. The zero-order valence-electron chi connectivity index (χ0n) is 12.3. The summed E-state index contributed by atoms with van der Waals surface area (Å²) in [5.74, 6) is -1.56. The highest BCUT2D eigenvalue weighted by atomic mass is 16.5. The number of ether oxygens (including phenoxy) is 2. The van der Waals surface area contributed by atoms with Crippen LogP contribution in [0.2, 0.25) is 0 Å². The highest BCUT2D eigenvalue weighted by Crippen LogP contribution is 2.22. The Kier molecular flexibility index (Phi) is 6.77. The monoisotopic (exact) mass is 278 g/mol. The molecule has 1 atom stereocenters. The lowest BCUT2D eigenvalue weighted by Gasteiger charge is -2.15. The van der Waals surface area contributed by atoms with Gasteiger partial charge >= 0.3 is 11.9 Å². The fourth-order valence-electron chi connectivity index (χ4n) is 1.78. The van der Waals surface area contributed by atoms with E-state index in [1.54, 1.807) is 18.2 Å². The second-order valence-electron chi connectivity index (χ2n) is 4.67. The number of carbonyl (C=O) groups excluding carboxylic acids is 2. The molecule has 0 heterocycles. The van der Waals surface area contributed by atoms with Crippen LogP contribution in [-0.4, -0.2) is 25.2 Å². The first-order chi connectivity index (χ1) is 9.60. The van der Waals surface area contributed by atoms with Crippen LogP contribution in [0.1, 0.15) is 33.6 Å². The van der Waals surface area contributed by atoms with Gasteiger partial charge in [0.15, 0.2) is 0 Å². The zero-order valence-corrected chi connectivity index (χ0v) is 12.3. The van der Waals surface area contributed by atoms with Crippen LogP contribution in [0.15, 0.2) is 35.5 Å². The maximum absolute atomic E-state index is 12.1. The van der Waals surface area contributed by atoms with E-state index in [2.05, 4.69) is 0 Å². The Balaban J connectivity index is 2.91. The van der Waals surface area contributed by atoms with Crippen molar-refractivity contribution in [3.05, 3.63) is 35.5 Å². The van der Waals surface area contributed by atoms with Crippen LogP contribution < -0.4 is 0 Å². The van der Waals surface area contributed by atoms with E-state index in [0.717, 1.165) is 18.4 Å². The second kappa shape index (κ2) is 8.35. The van der Waals surface area contributed by atoms with Gasteiger partial charge in [0.05, 0.1) is 18.8 Å². The summed E-state index contributed by atoms with van der Waals surface area (Å²) in [7, 11) is 0. The highest BCUT2D eigenvalue weighted by molar-refractivity contribution is 5.97. The van der Waals surface area contributed by atoms with Crippen molar-refractivity contribution < 1.29 is 19.1 Å². The molecule has 110 valence electrons. The minimum Gasteiger partial charge on any atom is -0.465 e. The molecule has 20 heavy (non-hydrogen) atoms. The molecule has 0 spiro atoms. The number of hydrogen-bond donors (Lipinski definition) is 0. The summed E-state index contributed by atoms with van der Waals surface area (Å²) < 4.78 is 10.3. The Hall–Kier alpha value is -1.84. The molecule has 1 aliphatic carbocycles. The van der Waals surface area contributed by atoms with Crippen LogP contribution in [0.25, 0.3) is 0 Å². The molecule has 0 N–H and O–H groups in total. The predicted molar refractivity (Wildman–Crippen MR) is 77.0 cm³/mol. The third kappa shape index (κ3) is 4.68. The van der Waals surface area contributed by atoms with E-state index < -0.39 is 17.9 Å². The maximum atomic E-state index is 12.1. The second-order valence-corrected chi connectivity index (χ2v) is 4.67. The minimum atomic E-state index is -0.694. The number of esters is 2. The molecule has 4 heteroatoms. The summed E-state index contributed by atoms with van der Waals surface area (Å²) in [5.41, 5.74) is 1.24. The smallest absolute Gasteiger partial charge is 0.335 e. The van der Waals surface area contributed by atoms with Gasteiger partial charge in [-0.1, -0.05) is 43.7 Å². The maximum Gasteiger partial charge on any atom is 0.335 e. The summed E-state index contributed by atoms with van der Waals surface area (Å²) in [6.07, 6.45) is 8.46. The SMILES string of the molecule is CCCOC(=O)C1=CC=CC(C)=CC1C(=O)OCCC. The molecule has 0 saturated heterocycles. The first kappa shape index (κ1) is 16.2. The van der Waals surface area contributed by atoms with Gasteiger partial charge in [0, 0.05) is 0 Å². The number of hydrogen-bond acceptors (Lipinski definition) is 4. The topological polar surface area (TPSA) is 52.6 Å². The zero-order chi connectivity index (χ0) is 15.0. The van der Waals surface area contributed by atoms with E-state index in [9.17, 15) is 9.59 Å². The van der Waals surface area contributed by atoms with Crippen molar-refractivity contribution >= 4 is 11.9 Å². The molecule has 0 aromatic rings. The lowest BCUT2D eigenvalue weighted by Crippen LogP contribution is -2.24. The standard InChI is InChI=1S/C16H22O4/c1-4-9-19-15(17)13-8-6-7-12(3)11-14(13)16(18)20-10-5-2/h6-8,11,14H,4-5,9-10H2,1-3H3. The van der Waals surface area contributed by atoms with Crippen molar-refractivity contribution in [3.8, 4) is 0 Å². The lowest BCUT2D eigenvalue weighted by molar-refractivity contribution is -0.149. The average molecular weight is 278 g/mol. The molecule has 0 saturated carbocycles. The van der Waals surface area contributed by atoms with E-state index in [1.807, 2.05) is 26.8 Å². The summed E-state index contributed by atoms with van der Waals surface area (Å²) in [6.45, 7) is 6.43. The highest BCUT2D eigenvalue weighted by Gasteiger charge is 2.28. The normalized spacial score (nSPS) is 17.9. The summed E-state index contributed by atoms with van der Waals surface area (Å²) in [4.78, 5) is 24.1. The largest absolute Gasteiger partial charge is 0.465 e. The molecular weight excluding hydrogens is 256 g/mol. The summed E-state index contributed by atoms with van der Waals surface area (Å²) in [6, 6.07) is 0. The predicted octanol–water partition coefficient (Wildman–Crippen LogP) is 2.95. The molecule has 0 aliphatic heterocycles. The molecule has 0 radical (unpaired) electrons. The minimum absolute atomic E-state index is 0.327. The number of rotatable bonds is 6. The van der Waals surface area contributed by atoms with Crippen LogP contribution >= 0.6 is 0 Å². The lowest BCUT2D eigenvalue weighted by atomic mass is 9.97. The van der Waals surface area contributed by atoms with Crippen LogP contribution in [0, 0.1) is 5.92 Å². The molecule has 1 aliphatic rings. The first-order valence-corrected chi connectivity index (χ1v) is 7.00. The van der Waals surface area contributed by atoms with Crippen molar-refractivity contribution in [1.29, 1.82) is 0 Å². The molecule has 0 amide bonds. The average Bonchev–Trinajstić information content (AvgIpc) is 2.63. The van der Waals surface area contributed by atoms with Gasteiger partial charge < -0.3 is 9.47 Å². The van der Waals surface area contributed by atoms with E-state index in [4.69, 9.17) is 9.47 Å². The number of allylic oxidation sites excluding steroid dienone is 4. The number of carbonyl (C=O) groups is 2. The fraction of sp³-hybridized carbons (Fsp3) is 0.500. The van der Waals surface area contributed by atoms with Crippen LogP contribution in [0.4, 0.5) is 0 Å². The molecule has 1 rings (SSSR count). The van der Waals surface area contributed by atoms with Gasteiger partial charge in [0.1, 0.15) is 5.92 Å². The summed E-state index contributed by atoms with van der Waals surface area (Å²) in [5, 5.41) is 0. The first-order valence-electron chi connectivity index (χ1n) is 7.00. The van der Waals surface area contributed by atoms with Crippen molar-refractivity contribution in [2.45, 2.75) is 33.6 Å². The van der Waals surface area contributed by atoms with Crippen molar-refractivity contribution in [2.75, 3.05) is 13.2 Å². The molecule has 0 aromatic heterocycles.